The average Bonchev–Trinajstić information content (AvgIpc) is 3.14. The maximum atomic E-state index is 12.6. The van der Waals surface area contributed by atoms with E-state index in [1.54, 1.807) is 6.20 Å². The van der Waals surface area contributed by atoms with Gasteiger partial charge in [-0.05, 0) is 37.1 Å². The van der Waals surface area contributed by atoms with Gasteiger partial charge in [0.2, 0.25) is 5.95 Å². The molecular weight excluding hydrogens is 448 g/mol. The molecule has 0 saturated carbocycles. The van der Waals surface area contributed by atoms with E-state index in [2.05, 4.69) is 30.3 Å². The van der Waals surface area contributed by atoms with Crippen molar-refractivity contribution < 1.29 is 10.2 Å². The summed E-state index contributed by atoms with van der Waals surface area (Å²) in [6.07, 6.45) is 4.90. The molecule has 3 aromatic rings. The summed E-state index contributed by atoms with van der Waals surface area (Å²) >= 11 is 0. The highest BCUT2D eigenvalue weighted by atomic mass is 16.5. The molecule has 2 aromatic heterocycles. The summed E-state index contributed by atoms with van der Waals surface area (Å²) in [6.45, 7) is 5.27. The molecule has 11 heteroatoms. The van der Waals surface area contributed by atoms with Gasteiger partial charge in [0.1, 0.15) is 16.7 Å². The fraction of sp³-hybridized carbons (Fsp3) is 0.500. The van der Waals surface area contributed by atoms with Gasteiger partial charge in [0.15, 0.2) is 6.29 Å². The third kappa shape index (κ3) is 5.53. The van der Waals surface area contributed by atoms with Gasteiger partial charge in [0.25, 0.3) is 5.56 Å². The zero-order valence-corrected chi connectivity index (χ0v) is 19.7. The predicted molar refractivity (Wildman–Crippen MR) is 135 cm³/mol. The Balaban J connectivity index is 1.35. The molecular formula is C24H32N8O3. The summed E-state index contributed by atoms with van der Waals surface area (Å²) < 4.78 is 0. The van der Waals surface area contributed by atoms with E-state index in [4.69, 9.17) is 4.98 Å². The quantitative estimate of drug-likeness (QED) is 0.382. The van der Waals surface area contributed by atoms with Crippen LogP contribution in [0.2, 0.25) is 0 Å². The molecule has 0 radical (unpaired) electrons. The molecule has 11 nitrogen and oxygen atoms in total. The van der Waals surface area contributed by atoms with Crippen LogP contribution in [-0.2, 0) is 0 Å². The Morgan fingerprint density at radius 3 is 2.31 bits per heavy atom. The van der Waals surface area contributed by atoms with Crippen molar-refractivity contribution in [1.82, 2.24) is 25.1 Å². The fourth-order valence-electron chi connectivity index (χ4n) is 4.81. The Morgan fingerprint density at radius 2 is 1.63 bits per heavy atom. The molecule has 2 aliphatic rings. The Hall–Kier alpha value is -3.28. The lowest BCUT2D eigenvalue weighted by Gasteiger charge is -2.36. The first-order chi connectivity index (χ1) is 17.1. The smallest absolute Gasteiger partial charge is 0.277 e. The topological polar surface area (TPSA) is 134 Å². The summed E-state index contributed by atoms with van der Waals surface area (Å²) in [5, 5.41) is 28.5. The van der Waals surface area contributed by atoms with Crippen molar-refractivity contribution in [1.29, 1.82) is 0 Å². The zero-order chi connectivity index (χ0) is 24.2. The number of fused-ring (bicyclic) bond motifs is 1. The Morgan fingerprint density at radius 1 is 0.914 bits per heavy atom. The van der Waals surface area contributed by atoms with E-state index in [1.165, 1.54) is 12.8 Å². The molecule has 2 saturated heterocycles. The van der Waals surface area contributed by atoms with E-state index in [-0.39, 0.29) is 12.1 Å². The van der Waals surface area contributed by atoms with Crippen LogP contribution in [-0.4, -0.2) is 87.4 Å². The summed E-state index contributed by atoms with van der Waals surface area (Å²) in [6, 6.07) is 8.05. The summed E-state index contributed by atoms with van der Waals surface area (Å²) in [7, 11) is 0. The van der Waals surface area contributed by atoms with Crippen molar-refractivity contribution in [3.8, 4) is 0 Å². The van der Waals surface area contributed by atoms with Crippen molar-refractivity contribution in [2.75, 3.05) is 60.9 Å². The number of aliphatic hydroxyl groups excluding tert-OH is 1. The number of aromatic nitrogens is 4. The second-order valence-corrected chi connectivity index (χ2v) is 9.17. The predicted octanol–water partition coefficient (Wildman–Crippen LogP) is 1.27. The van der Waals surface area contributed by atoms with Crippen LogP contribution in [0.4, 0.5) is 23.1 Å². The number of anilines is 4. The van der Waals surface area contributed by atoms with Crippen molar-refractivity contribution in [2.24, 2.45) is 0 Å². The molecule has 0 atom stereocenters. The second-order valence-electron chi connectivity index (χ2n) is 9.17. The van der Waals surface area contributed by atoms with Crippen LogP contribution < -0.4 is 20.7 Å². The molecule has 186 valence electrons. The van der Waals surface area contributed by atoms with Gasteiger partial charge in [-0.15, -0.1) is 0 Å². The van der Waals surface area contributed by atoms with E-state index >= 15 is 0 Å². The first-order valence-electron chi connectivity index (χ1n) is 12.3. The largest absolute Gasteiger partial charge is 0.369 e. The van der Waals surface area contributed by atoms with Gasteiger partial charge in [0.05, 0.1) is 6.20 Å². The third-order valence-electron chi connectivity index (χ3n) is 6.68. The van der Waals surface area contributed by atoms with Crippen LogP contribution in [0, 0.1) is 0 Å². The normalized spacial score (nSPS) is 17.7. The molecule has 2 fully saturated rings. The molecule has 0 aliphatic carbocycles. The number of aliphatic hydroxyl groups is 2. The van der Waals surface area contributed by atoms with E-state index < -0.39 is 6.29 Å². The van der Waals surface area contributed by atoms with Gasteiger partial charge in [-0.1, -0.05) is 12.8 Å². The number of piperazine rings is 1. The number of nitrogens with one attached hydrogen (secondary N) is 2. The van der Waals surface area contributed by atoms with Crippen molar-refractivity contribution in [3.63, 3.8) is 0 Å². The first-order valence-corrected chi connectivity index (χ1v) is 12.3. The van der Waals surface area contributed by atoms with E-state index in [1.807, 2.05) is 29.2 Å². The zero-order valence-electron chi connectivity index (χ0n) is 19.7. The van der Waals surface area contributed by atoms with E-state index in [9.17, 15) is 15.0 Å². The lowest BCUT2D eigenvalue weighted by molar-refractivity contribution is -0.0618. The highest BCUT2D eigenvalue weighted by molar-refractivity contribution is 5.90. The number of rotatable bonds is 6. The van der Waals surface area contributed by atoms with Crippen LogP contribution in [0.15, 0.2) is 35.3 Å². The lowest BCUT2D eigenvalue weighted by atomic mass is 10.2. The van der Waals surface area contributed by atoms with Crippen LogP contribution in [0.3, 0.4) is 0 Å². The standard InChI is InChI=1S/C24H32N8O3/c33-20(34)16-30-11-13-31(14-12-30)18-7-5-17(6-8-18)26-22-21-19(15-25-29-23(21)35)27-24(28-22)32-9-3-1-2-4-10-32/h5-8,15,20,33-34H,1-4,9-14,16H2,(H,29,35)(H,26,27,28). The Bertz CT molecular complexity index is 1180. The molecule has 35 heavy (non-hydrogen) atoms. The van der Waals surface area contributed by atoms with Gasteiger partial charge < -0.3 is 25.3 Å². The highest BCUT2D eigenvalue weighted by Crippen LogP contribution is 2.26. The van der Waals surface area contributed by atoms with Crippen LogP contribution in [0.5, 0.6) is 0 Å². The Kier molecular flexibility index (Phi) is 7.07. The molecule has 0 amide bonds. The van der Waals surface area contributed by atoms with Gasteiger partial charge in [-0.25, -0.2) is 10.1 Å². The SMILES string of the molecule is O=c1[nH]ncc2nc(N3CCCCCC3)nc(Nc3ccc(N4CCN(CC(O)O)CC4)cc3)c12. The molecule has 5 rings (SSSR count). The summed E-state index contributed by atoms with van der Waals surface area (Å²) in [4.78, 5) is 28.5. The number of nitrogens with zero attached hydrogens (tertiary/aromatic N) is 6. The van der Waals surface area contributed by atoms with Crippen LogP contribution in [0.25, 0.3) is 10.9 Å². The lowest BCUT2D eigenvalue weighted by Crippen LogP contribution is -2.48. The van der Waals surface area contributed by atoms with Crippen molar-refractivity contribution >= 4 is 34.0 Å². The number of hydrogen-bond acceptors (Lipinski definition) is 10. The molecule has 0 bridgehead atoms. The maximum absolute atomic E-state index is 12.6. The maximum Gasteiger partial charge on any atom is 0.277 e. The average molecular weight is 481 g/mol. The molecule has 4 N–H and O–H groups in total. The number of hydrogen-bond donors (Lipinski definition) is 4. The minimum Gasteiger partial charge on any atom is -0.369 e. The number of β-amino-alcohol motifs (C(OH)–C–C–N with tert-alkyl or cyclic N) is 2. The van der Waals surface area contributed by atoms with E-state index in [0.29, 0.717) is 22.7 Å². The molecule has 2 aliphatic heterocycles. The van der Waals surface area contributed by atoms with Gasteiger partial charge in [-0.2, -0.15) is 10.1 Å². The summed E-state index contributed by atoms with van der Waals surface area (Å²) in [5.41, 5.74) is 2.12. The molecule has 4 heterocycles. The number of aromatic amines is 1. The van der Waals surface area contributed by atoms with Crippen molar-refractivity contribution in [3.05, 3.63) is 40.8 Å². The van der Waals surface area contributed by atoms with Crippen LogP contribution >= 0.6 is 0 Å². The minimum atomic E-state index is -1.30. The van der Waals surface area contributed by atoms with Gasteiger partial charge in [0, 0.05) is 57.2 Å². The number of H-pyrrole nitrogens is 1. The monoisotopic (exact) mass is 480 g/mol. The molecule has 0 unspecified atom stereocenters. The van der Waals surface area contributed by atoms with Gasteiger partial charge >= 0.3 is 0 Å². The second kappa shape index (κ2) is 10.5. The van der Waals surface area contributed by atoms with Gasteiger partial charge in [-0.3, -0.25) is 9.69 Å². The third-order valence-corrected chi connectivity index (χ3v) is 6.68. The first kappa shape index (κ1) is 23.5. The Labute approximate surface area is 203 Å². The van der Waals surface area contributed by atoms with Crippen LogP contribution in [0.1, 0.15) is 25.7 Å². The number of benzene rings is 1. The van der Waals surface area contributed by atoms with Crippen molar-refractivity contribution in [2.45, 2.75) is 32.0 Å². The fourth-order valence-corrected chi connectivity index (χ4v) is 4.81. The molecule has 0 spiro atoms. The molecule has 1 aromatic carbocycles. The summed E-state index contributed by atoms with van der Waals surface area (Å²) in [5.74, 6) is 1.10. The minimum absolute atomic E-state index is 0.275. The van der Waals surface area contributed by atoms with E-state index in [0.717, 1.165) is 63.5 Å². The highest BCUT2D eigenvalue weighted by Gasteiger charge is 2.20.